The summed E-state index contributed by atoms with van der Waals surface area (Å²) >= 11 is 0. The zero-order chi connectivity index (χ0) is 29.8. The van der Waals surface area contributed by atoms with Crippen LogP contribution in [0.5, 0.6) is 11.5 Å². The molecule has 0 fully saturated rings. The van der Waals surface area contributed by atoms with E-state index in [0.717, 1.165) is 11.1 Å². The minimum absolute atomic E-state index is 0.0669. The number of esters is 2. The third-order valence-electron chi connectivity index (χ3n) is 5.97. The van der Waals surface area contributed by atoms with Gasteiger partial charge in [-0.1, -0.05) is 24.3 Å². The maximum Gasteiger partial charge on any atom is 0.341 e. The zero-order valence-corrected chi connectivity index (χ0v) is 23.4. The second kappa shape index (κ2) is 15.0. The number of methoxy groups -OCH3 is 3. The second-order valence-corrected chi connectivity index (χ2v) is 8.86. The molecule has 0 aromatic heterocycles. The lowest BCUT2D eigenvalue weighted by Gasteiger charge is -2.14. The minimum Gasteiger partial charge on any atom is -0.495 e. The molecule has 41 heavy (non-hydrogen) atoms. The molecule has 0 saturated heterocycles. The highest BCUT2D eigenvalue weighted by atomic mass is 16.5. The van der Waals surface area contributed by atoms with Crippen LogP contribution in [0.1, 0.15) is 31.8 Å². The lowest BCUT2D eigenvalue weighted by Crippen LogP contribution is -2.28. The Balaban J connectivity index is 1.48. The van der Waals surface area contributed by atoms with Crippen LogP contribution in [0.3, 0.4) is 0 Å². The predicted molar refractivity (Wildman–Crippen MR) is 153 cm³/mol. The predicted octanol–water partition coefficient (Wildman–Crippen LogP) is 4.00. The smallest absolute Gasteiger partial charge is 0.341 e. The number of carbonyl (C=O) groups is 4. The van der Waals surface area contributed by atoms with Crippen molar-refractivity contribution in [2.75, 3.05) is 51.7 Å². The lowest BCUT2D eigenvalue weighted by atomic mass is 10.1. The number of hydrogen-bond acceptors (Lipinski definition) is 9. The fourth-order valence-electron chi connectivity index (χ4n) is 3.86. The van der Waals surface area contributed by atoms with Crippen LogP contribution in [0.15, 0.2) is 60.7 Å². The fraction of sp³-hybridized carbons (Fsp3) is 0.267. The van der Waals surface area contributed by atoms with Gasteiger partial charge in [-0.15, -0.1) is 0 Å². The standard InChI is InChI=1S/C30H33N3O8/c1-19-7-5-6-8-24(19)32-30(37)33-25-11-9-20(16-27(25)38-2)15-22(34)18-31-13-14-41-26-12-10-21(28(35)39-3)17-23(26)29(36)40-4/h5-12,16-17,31H,13-15,18H2,1-4H3,(H2,32,33,37). The van der Waals surface area contributed by atoms with Crippen molar-refractivity contribution in [1.29, 1.82) is 0 Å². The quantitative estimate of drug-likeness (QED) is 0.208. The Morgan fingerprint density at radius 2 is 1.51 bits per heavy atom. The van der Waals surface area contributed by atoms with E-state index in [-0.39, 0.29) is 42.2 Å². The molecule has 3 rings (SSSR count). The summed E-state index contributed by atoms with van der Waals surface area (Å²) in [6.07, 6.45) is 0.154. The van der Waals surface area contributed by atoms with Crippen molar-refractivity contribution in [3.05, 3.63) is 82.9 Å². The minimum atomic E-state index is -0.655. The van der Waals surface area contributed by atoms with Gasteiger partial charge in [0.15, 0.2) is 5.78 Å². The molecule has 0 spiro atoms. The maximum atomic E-state index is 12.5. The number of urea groups is 1. The molecule has 216 valence electrons. The van der Waals surface area contributed by atoms with E-state index in [1.807, 2.05) is 31.2 Å². The topological polar surface area (TPSA) is 141 Å². The molecule has 0 aliphatic rings. The summed E-state index contributed by atoms with van der Waals surface area (Å²) in [6.45, 7) is 2.48. The SMILES string of the molecule is COC(=O)c1ccc(OCCNCC(=O)Cc2ccc(NC(=O)Nc3ccccc3C)c(OC)c2)c(C(=O)OC)c1. The molecule has 11 nitrogen and oxygen atoms in total. The Bertz CT molecular complexity index is 1410. The van der Waals surface area contributed by atoms with Crippen LogP contribution in [0.25, 0.3) is 0 Å². The summed E-state index contributed by atoms with van der Waals surface area (Å²) < 4.78 is 20.5. The average molecular weight is 564 g/mol. The van der Waals surface area contributed by atoms with Crippen molar-refractivity contribution < 1.29 is 38.1 Å². The van der Waals surface area contributed by atoms with Crippen LogP contribution in [-0.2, 0) is 20.7 Å². The molecule has 3 aromatic rings. The molecule has 0 radical (unpaired) electrons. The summed E-state index contributed by atoms with van der Waals surface area (Å²) in [6, 6.07) is 16.5. The van der Waals surface area contributed by atoms with Gasteiger partial charge in [-0.05, 0) is 54.4 Å². The van der Waals surface area contributed by atoms with Crippen molar-refractivity contribution in [3.8, 4) is 11.5 Å². The van der Waals surface area contributed by atoms with Crippen LogP contribution < -0.4 is 25.4 Å². The molecular weight excluding hydrogens is 530 g/mol. The molecule has 0 saturated carbocycles. The number of aryl methyl sites for hydroxylation is 1. The van der Waals surface area contributed by atoms with Gasteiger partial charge in [-0.25, -0.2) is 14.4 Å². The molecule has 0 bridgehead atoms. The Labute approximate surface area is 238 Å². The number of hydrogen-bond donors (Lipinski definition) is 3. The first-order valence-corrected chi connectivity index (χ1v) is 12.7. The summed E-state index contributed by atoms with van der Waals surface area (Å²) in [4.78, 5) is 48.9. The number of amides is 2. The molecule has 0 heterocycles. The number of benzene rings is 3. The van der Waals surface area contributed by atoms with E-state index in [4.69, 9.17) is 14.2 Å². The number of ether oxygens (including phenoxy) is 4. The summed E-state index contributed by atoms with van der Waals surface area (Å²) in [7, 11) is 3.96. The van der Waals surface area contributed by atoms with Gasteiger partial charge in [-0.2, -0.15) is 0 Å². The molecule has 0 aliphatic carbocycles. The summed E-state index contributed by atoms with van der Waals surface area (Å²) in [5, 5.41) is 8.58. The Morgan fingerprint density at radius 1 is 0.780 bits per heavy atom. The Morgan fingerprint density at radius 3 is 2.22 bits per heavy atom. The third kappa shape index (κ3) is 8.80. The van der Waals surface area contributed by atoms with Crippen LogP contribution in [0.2, 0.25) is 0 Å². The molecule has 3 aromatic carbocycles. The van der Waals surface area contributed by atoms with Crippen LogP contribution >= 0.6 is 0 Å². The van der Waals surface area contributed by atoms with Gasteiger partial charge in [0.05, 0.1) is 39.1 Å². The molecule has 0 aliphatic heterocycles. The van der Waals surface area contributed by atoms with Gasteiger partial charge >= 0.3 is 18.0 Å². The van der Waals surface area contributed by atoms with Crippen molar-refractivity contribution >= 4 is 35.1 Å². The molecule has 0 unspecified atom stereocenters. The first-order valence-electron chi connectivity index (χ1n) is 12.7. The van der Waals surface area contributed by atoms with Crippen LogP contribution in [0.4, 0.5) is 16.2 Å². The van der Waals surface area contributed by atoms with Crippen LogP contribution in [-0.4, -0.2) is 64.8 Å². The van der Waals surface area contributed by atoms with E-state index in [1.165, 1.54) is 39.5 Å². The number of carbonyl (C=O) groups excluding carboxylic acids is 4. The second-order valence-electron chi connectivity index (χ2n) is 8.86. The van der Waals surface area contributed by atoms with Crippen molar-refractivity contribution in [3.63, 3.8) is 0 Å². The number of rotatable bonds is 13. The molecule has 0 atom stereocenters. The maximum absolute atomic E-state index is 12.5. The highest BCUT2D eigenvalue weighted by Gasteiger charge is 2.17. The first kappa shape index (κ1) is 30.6. The lowest BCUT2D eigenvalue weighted by molar-refractivity contribution is -0.117. The van der Waals surface area contributed by atoms with Gasteiger partial charge < -0.3 is 34.9 Å². The van der Waals surface area contributed by atoms with E-state index in [9.17, 15) is 19.2 Å². The van der Waals surface area contributed by atoms with E-state index >= 15 is 0 Å². The monoisotopic (exact) mass is 563 g/mol. The number of Topliss-reactive ketones (excluding diaryl/α,β-unsaturated/α-hetero) is 1. The van der Waals surface area contributed by atoms with Gasteiger partial charge in [-0.3, -0.25) is 4.79 Å². The number of ketones is 1. The zero-order valence-electron chi connectivity index (χ0n) is 23.4. The number of anilines is 2. The van der Waals surface area contributed by atoms with Crippen molar-refractivity contribution in [2.45, 2.75) is 13.3 Å². The normalized spacial score (nSPS) is 10.3. The molecular formula is C30H33N3O8. The van der Waals surface area contributed by atoms with Crippen molar-refractivity contribution in [1.82, 2.24) is 5.32 Å². The Kier molecular flexibility index (Phi) is 11.2. The van der Waals surface area contributed by atoms with E-state index in [0.29, 0.717) is 23.7 Å². The largest absolute Gasteiger partial charge is 0.495 e. The van der Waals surface area contributed by atoms with E-state index in [2.05, 4.69) is 20.7 Å². The number of nitrogens with one attached hydrogen (secondary N) is 3. The average Bonchev–Trinajstić information content (AvgIpc) is 2.98. The molecule has 2 amide bonds. The van der Waals surface area contributed by atoms with Gasteiger partial charge in [0.25, 0.3) is 0 Å². The number of para-hydroxylation sites is 1. The van der Waals surface area contributed by atoms with Crippen molar-refractivity contribution in [2.24, 2.45) is 0 Å². The highest BCUT2D eigenvalue weighted by Crippen LogP contribution is 2.26. The summed E-state index contributed by atoms with van der Waals surface area (Å²) in [5.74, 6) is -0.642. The van der Waals surface area contributed by atoms with E-state index in [1.54, 1.807) is 18.2 Å². The first-order chi connectivity index (χ1) is 19.7. The van der Waals surface area contributed by atoms with Gasteiger partial charge in [0, 0.05) is 18.7 Å². The summed E-state index contributed by atoms with van der Waals surface area (Å²) in [5.41, 5.74) is 3.11. The molecule has 3 N–H and O–H groups in total. The molecule has 11 heteroatoms. The fourth-order valence-corrected chi connectivity index (χ4v) is 3.86. The Hall–Kier alpha value is -4.90. The van der Waals surface area contributed by atoms with Gasteiger partial charge in [0.2, 0.25) is 0 Å². The van der Waals surface area contributed by atoms with Gasteiger partial charge in [0.1, 0.15) is 23.7 Å². The van der Waals surface area contributed by atoms with E-state index < -0.39 is 18.0 Å². The van der Waals surface area contributed by atoms with Crippen LogP contribution in [0, 0.1) is 6.92 Å². The third-order valence-corrected chi connectivity index (χ3v) is 5.97. The highest BCUT2D eigenvalue weighted by molar-refractivity contribution is 6.01.